The molecule has 2 heterocycles. The Labute approximate surface area is 223 Å². The summed E-state index contributed by atoms with van der Waals surface area (Å²) in [6.45, 7) is 17.4. The summed E-state index contributed by atoms with van der Waals surface area (Å²) in [4.78, 5) is 16.4. The fourth-order valence-corrected chi connectivity index (χ4v) is 5.24. The normalized spacial score (nSPS) is 16.2. The Morgan fingerprint density at radius 3 is 1.46 bits per heavy atom. The fourth-order valence-electron chi connectivity index (χ4n) is 2.63. The summed E-state index contributed by atoms with van der Waals surface area (Å²) < 4.78 is 52.8. The maximum atomic E-state index is 12.0. The van der Waals surface area contributed by atoms with Crippen LogP contribution in [0.4, 0.5) is 0 Å². The lowest BCUT2D eigenvalue weighted by Gasteiger charge is -2.40. The topological polar surface area (TPSA) is 149 Å². The molecule has 2 aromatic rings. The van der Waals surface area contributed by atoms with Crippen molar-refractivity contribution >= 4 is 28.0 Å². The van der Waals surface area contributed by atoms with Gasteiger partial charge in [0, 0.05) is 37.3 Å². The Bertz CT molecular complexity index is 1230. The van der Waals surface area contributed by atoms with Gasteiger partial charge in [-0.05, 0) is 57.0 Å². The second kappa shape index (κ2) is 12.4. The van der Waals surface area contributed by atoms with Crippen LogP contribution < -0.4 is 0 Å². The summed E-state index contributed by atoms with van der Waals surface area (Å²) in [6.07, 6.45) is 6.96. The molecule has 0 unspecified atom stereocenters. The standard InChI is InChI=1S/C15H28N2O3SSi.C9H14N2O3S/c1-11-9-16-14(17-10-11)13(12(2)21(6,18)19)20-22(7,8)15(3,4)5;1-6-4-10-9(11-5-6)8(12)7(2)15(3,13)14/h9-10,12-13H,1-8H3;4-5,7-8,12H,1-3H3/t12-,13-;7-,8-/m00/s1. The monoisotopic (exact) mass is 574 g/mol. The molecule has 0 saturated carbocycles. The second-order valence-corrected chi connectivity index (χ2v) is 20.6. The Morgan fingerprint density at radius 2 is 1.14 bits per heavy atom. The minimum atomic E-state index is -3.29. The summed E-state index contributed by atoms with van der Waals surface area (Å²) in [7, 11) is -8.70. The lowest BCUT2D eigenvalue weighted by molar-refractivity contribution is 0.166. The molecule has 2 rings (SSSR count). The Balaban J connectivity index is 0.000000397. The number of sulfone groups is 2. The lowest BCUT2D eigenvalue weighted by atomic mass is 10.2. The number of hydrogen-bond donors (Lipinski definition) is 1. The van der Waals surface area contributed by atoms with E-state index in [4.69, 9.17) is 4.43 Å². The Kier molecular flexibility index (Phi) is 11.1. The van der Waals surface area contributed by atoms with Crippen molar-refractivity contribution in [2.45, 2.75) is 89.3 Å². The summed E-state index contributed by atoms with van der Waals surface area (Å²) in [5.41, 5.74) is 1.79. The summed E-state index contributed by atoms with van der Waals surface area (Å²) >= 11 is 0. The number of aliphatic hydroxyl groups is 1. The van der Waals surface area contributed by atoms with Gasteiger partial charge in [-0.25, -0.2) is 36.8 Å². The average molecular weight is 575 g/mol. The van der Waals surface area contributed by atoms with Gasteiger partial charge in [0.1, 0.15) is 12.2 Å². The molecule has 0 amide bonds. The largest absolute Gasteiger partial charge is 0.405 e. The summed E-state index contributed by atoms with van der Waals surface area (Å²) in [5.74, 6) is 0.576. The molecule has 0 aliphatic rings. The van der Waals surface area contributed by atoms with Crippen LogP contribution in [0, 0.1) is 13.8 Å². The van der Waals surface area contributed by atoms with Crippen LogP contribution >= 0.6 is 0 Å². The first-order chi connectivity index (χ1) is 16.6. The molecule has 0 radical (unpaired) electrons. The van der Waals surface area contributed by atoms with E-state index in [2.05, 4.69) is 53.8 Å². The summed E-state index contributed by atoms with van der Waals surface area (Å²) in [5, 5.41) is 8.10. The van der Waals surface area contributed by atoms with Gasteiger partial charge in [-0.2, -0.15) is 0 Å². The molecule has 0 fully saturated rings. The third kappa shape index (κ3) is 9.78. The highest BCUT2D eigenvalue weighted by Gasteiger charge is 2.43. The third-order valence-electron chi connectivity index (χ3n) is 6.57. The number of aryl methyl sites for hydroxylation is 2. The number of nitrogens with zero attached hydrogens (tertiary/aromatic N) is 4. The third-order valence-corrected chi connectivity index (χ3v) is 14.2. The van der Waals surface area contributed by atoms with Crippen molar-refractivity contribution in [2.24, 2.45) is 0 Å². The van der Waals surface area contributed by atoms with Gasteiger partial charge in [-0.3, -0.25) is 0 Å². The van der Waals surface area contributed by atoms with Crippen molar-refractivity contribution in [1.82, 2.24) is 19.9 Å². The van der Waals surface area contributed by atoms with Gasteiger partial charge in [-0.15, -0.1) is 0 Å². The molecule has 0 spiro atoms. The van der Waals surface area contributed by atoms with Crippen LogP contribution in [0.2, 0.25) is 18.1 Å². The highest BCUT2D eigenvalue weighted by atomic mass is 32.2. The molecule has 210 valence electrons. The first kappa shape index (κ1) is 33.2. The average Bonchev–Trinajstić information content (AvgIpc) is 2.75. The number of aliphatic hydroxyl groups excluding tert-OH is 1. The van der Waals surface area contributed by atoms with Gasteiger partial charge in [-0.1, -0.05) is 20.8 Å². The molecule has 2 aromatic heterocycles. The van der Waals surface area contributed by atoms with E-state index in [0.717, 1.165) is 17.4 Å². The molecule has 1 N–H and O–H groups in total. The lowest BCUT2D eigenvalue weighted by Crippen LogP contribution is -2.45. The molecule has 0 aromatic carbocycles. The number of aromatic nitrogens is 4. The highest BCUT2D eigenvalue weighted by Crippen LogP contribution is 2.40. The van der Waals surface area contributed by atoms with E-state index < -0.39 is 50.7 Å². The van der Waals surface area contributed by atoms with Gasteiger partial charge in [0.15, 0.2) is 39.6 Å². The van der Waals surface area contributed by atoms with Gasteiger partial charge in [0.05, 0.1) is 10.5 Å². The zero-order valence-corrected chi connectivity index (χ0v) is 26.3. The summed E-state index contributed by atoms with van der Waals surface area (Å²) in [6, 6.07) is 0. The van der Waals surface area contributed by atoms with Crippen LogP contribution in [0.25, 0.3) is 0 Å². The molecule has 37 heavy (non-hydrogen) atoms. The SMILES string of the molecule is Cc1cnc([C@@H](O)[C@H](C)S(C)(=O)=O)nc1.Cc1cnc([C@@H](O[Si](C)(C)C(C)(C)C)[C@H](C)S(C)(=O)=O)nc1. The van der Waals surface area contributed by atoms with Crippen LogP contribution in [0.15, 0.2) is 24.8 Å². The van der Waals surface area contributed by atoms with E-state index in [0.29, 0.717) is 5.82 Å². The molecule has 13 heteroatoms. The zero-order chi connectivity index (χ0) is 29.0. The van der Waals surface area contributed by atoms with E-state index in [-0.39, 0.29) is 10.9 Å². The maximum Gasteiger partial charge on any atom is 0.193 e. The molecular weight excluding hydrogens is 533 g/mol. The van der Waals surface area contributed by atoms with E-state index in [1.165, 1.54) is 13.2 Å². The molecule has 0 saturated heterocycles. The van der Waals surface area contributed by atoms with Crippen LogP contribution in [-0.4, -0.2) is 73.2 Å². The van der Waals surface area contributed by atoms with Crippen LogP contribution in [0.5, 0.6) is 0 Å². The predicted octanol–water partition coefficient (Wildman–Crippen LogP) is 3.53. The van der Waals surface area contributed by atoms with E-state index in [1.807, 2.05) is 13.8 Å². The second-order valence-electron chi connectivity index (χ2n) is 11.1. The van der Waals surface area contributed by atoms with E-state index in [9.17, 15) is 21.9 Å². The van der Waals surface area contributed by atoms with Crippen molar-refractivity contribution in [3.05, 3.63) is 47.6 Å². The van der Waals surface area contributed by atoms with Crippen molar-refractivity contribution < 1.29 is 26.4 Å². The van der Waals surface area contributed by atoms with Crippen molar-refractivity contribution in [3.63, 3.8) is 0 Å². The molecule has 4 atom stereocenters. The van der Waals surface area contributed by atoms with E-state index >= 15 is 0 Å². The Hall–Kier alpha value is -1.80. The highest BCUT2D eigenvalue weighted by molar-refractivity contribution is 7.91. The molecule has 0 aliphatic carbocycles. The van der Waals surface area contributed by atoms with Gasteiger partial charge in [0.2, 0.25) is 0 Å². The van der Waals surface area contributed by atoms with Crippen molar-refractivity contribution in [2.75, 3.05) is 12.5 Å². The van der Waals surface area contributed by atoms with Gasteiger partial charge in [0.25, 0.3) is 0 Å². The molecule has 10 nitrogen and oxygen atoms in total. The molecular formula is C24H42N4O6S2Si. The predicted molar refractivity (Wildman–Crippen MR) is 148 cm³/mol. The molecule has 0 bridgehead atoms. The van der Waals surface area contributed by atoms with Crippen LogP contribution in [0.1, 0.15) is 69.6 Å². The maximum absolute atomic E-state index is 12.0. The van der Waals surface area contributed by atoms with Crippen molar-refractivity contribution in [3.8, 4) is 0 Å². The quantitative estimate of drug-likeness (QED) is 0.464. The van der Waals surface area contributed by atoms with Crippen LogP contribution in [0.3, 0.4) is 0 Å². The molecule has 0 aliphatic heterocycles. The first-order valence-electron chi connectivity index (χ1n) is 11.9. The fraction of sp³-hybridized carbons (Fsp3) is 0.667. The number of hydrogen-bond acceptors (Lipinski definition) is 10. The van der Waals surface area contributed by atoms with E-state index in [1.54, 1.807) is 31.7 Å². The first-order valence-corrected chi connectivity index (χ1v) is 18.7. The zero-order valence-electron chi connectivity index (χ0n) is 23.7. The van der Waals surface area contributed by atoms with Crippen molar-refractivity contribution in [1.29, 1.82) is 0 Å². The number of rotatable bonds is 8. The minimum absolute atomic E-state index is 0.0207. The van der Waals surface area contributed by atoms with Gasteiger partial charge < -0.3 is 9.53 Å². The Morgan fingerprint density at radius 1 is 0.784 bits per heavy atom. The van der Waals surface area contributed by atoms with Crippen LogP contribution in [-0.2, 0) is 24.1 Å². The minimum Gasteiger partial charge on any atom is -0.405 e. The van der Waals surface area contributed by atoms with Gasteiger partial charge >= 0.3 is 0 Å². The smallest absolute Gasteiger partial charge is 0.193 e.